The van der Waals surface area contributed by atoms with Crippen LogP contribution in [0.4, 0.5) is 0 Å². The molecule has 1 atom stereocenters. The topological polar surface area (TPSA) is 52.6 Å². The second-order valence-electron chi connectivity index (χ2n) is 3.40. The van der Waals surface area contributed by atoms with Crippen molar-refractivity contribution in [3.8, 4) is 0 Å². The van der Waals surface area contributed by atoms with E-state index in [0.717, 1.165) is 0 Å². The van der Waals surface area contributed by atoms with Gasteiger partial charge in [0.25, 0.3) is 0 Å². The predicted octanol–water partition coefficient (Wildman–Crippen LogP) is 2.67. The van der Waals surface area contributed by atoms with Gasteiger partial charge in [-0.25, -0.2) is 0 Å². The second kappa shape index (κ2) is 3.64. The standard InChI is InChI=1S/C10H11IO4/c1-7(2)14-11(13)9-6-4-3-5-8(9)10(12)15-11/h3-7H,1-2H3. The van der Waals surface area contributed by atoms with Gasteiger partial charge in [-0.2, -0.15) is 0 Å². The molecule has 2 rings (SSSR count). The van der Waals surface area contributed by atoms with Crippen LogP contribution in [-0.2, 0) is 9.20 Å². The molecule has 0 amide bonds. The van der Waals surface area contributed by atoms with Crippen LogP contribution < -0.4 is 0 Å². The SMILES string of the molecule is CC(C)OI1(=O)OC(=O)c2ccccc21. The first-order chi connectivity index (χ1) is 7.03. The minimum atomic E-state index is -4.19. The number of hydrogen-bond acceptors (Lipinski definition) is 4. The second-order valence-corrected chi connectivity index (χ2v) is 7.91. The quantitative estimate of drug-likeness (QED) is 0.786. The minimum absolute atomic E-state index is 0.224. The summed E-state index contributed by atoms with van der Waals surface area (Å²) in [4.78, 5) is 11.4. The Hall–Kier alpha value is -0.820. The van der Waals surface area contributed by atoms with Gasteiger partial charge in [0.05, 0.1) is 0 Å². The van der Waals surface area contributed by atoms with Crippen LogP contribution in [-0.4, -0.2) is 12.1 Å². The fourth-order valence-electron chi connectivity index (χ4n) is 1.30. The Kier molecular flexibility index (Phi) is 2.59. The van der Waals surface area contributed by atoms with Crippen LogP contribution in [0.5, 0.6) is 0 Å². The van der Waals surface area contributed by atoms with E-state index in [0.29, 0.717) is 9.13 Å². The van der Waals surface area contributed by atoms with Gasteiger partial charge < -0.3 is 0 Å². The van der Waals surface area contributed by atoms with Crippen molar-refractivity contribution in [1.82, 2.24) is 0 Å². The first-order valence-electron chi connectivity index (χ1n) is 4.53. The molecule has 0 spiro atoms. The van der Waals surface area contributed by atoms with Crippen LogP contribution >= 0.6 is 19.3 Å². The van der Waals surface area contributed by atoms with E-state index in [2.05, 4.69) is 0 Å². The molecule has 82 valence electrons. The van der Waals surface area contributed by atoms with Crippen LogP contribution in [0, 0.1) is 3.57 Å². The summed E-state index contributed by atoms with van der Waals surface area (Å²) in [7, 11) is 0. The zero-order valence-electron chi connectivity index (χ0n) is 8.40. The van der Waals surface area contributed by atoms with Gasteiger partial charge in [-0.05, 0) is 0 Å². The van der Waals surface area contributed by atoms with Crippen LogP contribution in [0.3, 0.4) is 0 Å². The molecule has 1 unspecified atom stereocenters. The summed E-state index contributed by atoms with van der Waals surface area (Å²) in [6.45, 7) is 3.52. The molecule has 1 aliphatic rings. The van der Waals surface area contributed by atoms with Crippen molar-refractivity contribution in [3.63, 3.8) is 0 Å². The van der Waals surface area contributed by atoms with E-state index in [-0.39, 0.29) is 6.10 Å². The normalized spacial score (nSPS) is 28.3. The fourth-order valence-corrected chi connectivity index (χ4v) is 5.78. The maximum absolute atomic E-state index is 12.3. The monoisotopic (exact) mass is 322 g/mol. The molecule has 0 fully saturated rings. The molecule has 0 aliphatic carbocycles. The van der Waals surface area contributed by atoms with E-state index in [4.69, 9.17) is 6.13 Å². The number of fused-ring (bicyclic) bond motifs is 1. The van der Waals surface area contributed by atoms with Gasteiger partial charge in [0.1, 0.15) is 0 Å². The Morgan fingerprint density at radius 2 is 2.00 bits per heavy atom. The summed E-state index contributed by atoms with van der Waals surface area (Å²) >= 11 is -4.19. The number of halogens is 1. The molecule has 0 saturated heterocycles. The van der Waals surface area contributed by atoms with Crippen molar-refractivity contribution in [3.05, 3.63) is 33.4 Å². The van der Waals surface area contributed by atoms with Gasteiger partial charge in [-0.15, -0.1) is 0 Å². The average Bonchev–Trinajstić information content (AvgIpc) is 2.39. The Morgan fingerprint density at radius 1 is 1.33 bits per heavy atom. The Labute approximate surface area is 92.6 Å². The molecule has 0 saturated carbocycles. The van der Waals surface area contributed by atoms with Gasteiger partial charge in [-0.3, -0.25) is 0 Å². The van der Waals surface area contributed by atoms with E-state index in [1.807, 2.05) is 0 Å². The van der Waals surface area contributed by atoms with E-state index in [1.165, 1.54) is 0 Å². The first-order valence-corrected chi connectivity index (χ1v) is 8.25. The molecule has 1 aromatic carbocycles. The number of hydrogen-bond donors (Lipinski definition) is 0. The van der Waals surface area contributed by atoms with E-state index in [9.17, 15) is 7.86 Å². The summed E-state index contributed by atoms with van der Waals surface area (Å²) in [6.07, 6.45) is -0.224. The van der Waals surface area contributed by atoms with Crippen molar-refractivity contribution in [2.75, 3.05) is 0 Å². The maximum atomic E-state index is 12.3. The van der Waals surface area contributed by atoms with Crippen molar-refractivity contribution in [2.45, 2.75) is 20.0 Å². The fraction of sp³-hybridized carbons (Fsp3) is 0.300. The van der Waals surface area contributed by atoms with Crippen LogP contribution in [0.2, 0.25) is 0 Å². The molecule has 5 heteroatoms. The summed E-state index contributed by atoms with van der Waals surface area (Å²) in [5, 5.41) is 0. The third-order valence-electron chi connectivity index (χ3n) is 1.81. The molecule has 0 bridgehead atoms. The van der Waals surface area contributed by atoms with Gasteiger partial charge in [-0.1, -0.05) is 0 Å². The number of benzene rings is 1. The van der Waals surface area contributed by atoms with Gasteiger partial charge in [0.15, 0.2) is 0 Å². The van der Waals surface area contributed by atoms with Gasteiger partial charge in [0, 0.05) is 0 Å². The summed E-state index contributed by atoms with van der Waals surface area (Å²) in [6, 6.07) is 6.67. The molecule has 15 heavy (non-hydrogen) atoms. The van der Waals surface area contributed by atoms with E-state index in [1.54, 1.807) is 38.1 Å². The van der Waals surface area contributed by atoms with Gasteiger partial charge in [0.2, 0.25) is 0 Å². The summed E-state index contributed by atoms with van der Waals surface area (Å²) < 4.78 is 22.9. The molecular formula is C10H11IO4. The average molecular weight is 322 g/mol. The molecular weight excluding hydrogens is 311 g/mol. The van der Waals surface area contributed by atoms with Crippen LogP contribution in [0.25, 0.3) is 0 Å². The van der Waals surface area contributed by atoms with E-state index < -0.39 is 25.2 Å². The number of carbonyl (C=O) groups excluding carboxylic acids is 1. The third-order valence-corrected chi connectivity index (χ3v) is 6.84. The zero-order chi connectivity index (χ0) is 11.1. The Bertz CT molecular complexity index is 452. The molecule has 4 nitrogen and oxygen atoms in total. The van der Waals surface area contributed by atoms with E-state index >= 15 is 0 Å². The van der Waals surface area contributed by atoms with Crippen LogP contribution in [0.15, 0.2) is 24.3 Å². The van der Waals surface area contributed by atoms with Gasteiger partial charge >= 0.3 is 92.6 Å². The molecule has 1 aromatic rings. The van der Waals surface area contributed by atoms with Crippen LogP contribution in [0.1, 0.15) is 24.2 Å². The third kappa shape index (κ3) is 1.81. The zero-order valence-corrected chi connectivity index (χ0v) is 10.6. The van der Waals surface area contributed by atoms with Crippen molar-refractivity contribution in [1.29, 1.82) is 0 Å². The van der Waals surface area contributed by atoms with Crippen molar-refractivity contribution >= 4 is 25.2 Å². The first kappa shape index (κ1) is 10.7. The van der Waals surface area contributed by atoms with Crippen molar-refractivity contribution in [2.24, 2.45) is 0 Å². The molecule has 0 aromatic heterocycles. The summed E-state index contributed by atoms with van der Waals surface area (Å²) in [5.74, 6) is -0.544. The Morgan fingerprint density at radius 3 is 2.67 bits per heavy atom. The molecule has 1 heterocycles. The summed E-state index contributed by atoms with van der Waals surface area (Å²) in [5.41, 5.74) is 0.365. The molecule has 0 radical (unpaired) electrons. The predicted molar refractivity (Wildman–Crippen MR) is 61.5 cm³/mol. The number of carbonyl (C=O) groups is 1. The number of rotatable bonds is 2. The molecule has 0 N–H and O–H groups in total. The van der Waals surface area contributed by atoms with Crippen molar-refractivity contribution < 1.29 is 14.0 Å². The molecule has 1 aliphatic heterocycles. The Balaban J connectivity index is 2.48.